The Labute approximate surface area is 206 Å². The van der Waals surface area contributed by atoms with Crippen molar-refractivity contribution >= 4 is 11.9 Å². The summed E-state index contributed by atoms with van der Waals surface area (Å²) < 4.78 is 22.8. The number of carbonyl (C=O) groups is 2. The van der Waals surface area contributed by atoms with E-state index in [1.54, 1.807) is 6.92 Å². The van der Waals surface area contributed by atoms with E-state index in [0.29, 0.717) is 13.1 Å². The van der Waals surface area contributed by atoms with Gasteiger partial charge in [-0.1, -0.05) is 13.8 Å². The van der Waals surface area contributed by atoms with Crippen LogP contribution in [0.15, 0.2) is 0 Å². The third-order valence-electron chi connectivity index (χ3n) is 7.38. The number of carbonyl (C=O) groups excluding carboxylic acids is 2. The number of aliphatic hydroxyl groups excluding tert-OH is 1. The van der Waals surface area contributed by atoms with Gasteiger partial charge in [-0.25, -0.2) is 0 Å². The van der Waals surface area contributed by atoms with Crippen LogP contribution in [-0.4, -0.2) is 108 Å². The minimum absolute atomic E-state index is 0.0862. The Hall–Kier alpha value is -1.81. The van der Waals surface area contributed by atoms with Crippen LogP contribution in [0.2, 0.25) is 0 Å². The van der Waals surface area contributed by atoms with Gasteiger partial charge in [0.25, 0.3) is 0 Å². The number of rotatable bonds is 7. The molecule has 7 atom stereocenters. The zero-order chi connectivity index (χ0) is 25.3. The largest absolute Gasteiger partial charge is 0.459 e. The van der Waals surface area contributed by atoms with Crippen molar-refractivity contribution in [1.82, 2.24) is 15.1 Å². The van der Waals surface area contributed by atoms with Crippen LogP contribution in [0, 0.1) is 17.2 Å². The summed E-state index contributed by atoms with van der Waals surface area (Å²) in [5.74, 6) is -1.34. The van der Waals surface area contributed by atoms with Gasteiger partial charge in [-0.05, 0) is 39.8 Å². The zero-order valence-corrected chi connectivity index (χ0v) is 21.0. The van der Waals surface area contributed by atoms with E-state index in [1.165, 1.54) is 4.90 Å². The molecule has 0 radical (unpaired) electrons. The summed E-state index contributed by atoms with van der Waals surface area (Å²) in [5.41, 5.74) is 0. The smallest absolute Gasteiger partial charge is 0.305 e. The number of nitrogens with one attached hydrogen (secondary N) is 1. The molecule has 0 aromatic rings. The molecule has 4 aliphatic rings. The van der Waals surface area contributed by atoms with Gasteiger partial charge in [0, 0.05) is 31.5 Å². The van der Waals surface area contributed by atoms with Gasteiger partial charge < -0.3 is 39.2 Å². The number of ether oxygens (including phenoxy) is 4. The molecular weight excluding hydrogens is 456 g/mol. The lowest BCUT2D eigenvalue weighted by atomic mass is 10.0. The van der Waals surface area contributed by atoms with E-state index in [9.17, 15) is 20.0 Å². The highest BCUT2D eigenvalue weighted by atomic mass is 16.8. The van der Waals surface area contributed by atoms with Crippen molar-refractivity contribution in [3.63, 3.8) is 0 Å². The number of aliphatic hydroxyl groups is 1. The van der Waals surface area contributed by atoms with Crippen molar-refractivity contribution in [3.8, 4) is 6.07 Å². The molecule has 4 heterocycles. The second-order valence-electron chi connectivity index (χ2n) is 10.5. The Morgan fingerprint density at radius 2 is 1.97 bits per heavy atom. The lowest BCUT2D eigenvalue weighted by Crippen LogP contribution is -2.50. The number of nitriles is 1. The molecule has 35 heavy (non-hydrogen) atoms. The first-order valence-electron chi connectivity index (χ1n) is 12.6. The molecule has 2 N–H and O–H groups in total. The van der Waals surface area contributed by atoms with Gasteiger partial charge >= 0.3 is 5.97 Å². The van der Waals surface area contributed by atoms with Crippen molar-refractivity contribution in [2.24, 2.45) is 5.92 Å². The first kappa shape index (κ1) is 26.3. The molecule has 0 aromatic carbocycles. The molecule has 1 amide bonds. The Morgan fingerprint density at radius 3 is 2.60 bits per heavy atom. The van der Waals surface area contributed by atoms with Crippen LogP contribution in [-0.2, 0) is 28.5 Å². The van der Waals surface area contributed by atoms with Crippen LogP contribution in [0.3, 0.4) is 0 Å². The number of nitrogens with zero attached hydrogens (tertiary/aromatic N) is 3. The maximum atomic E-state index is 12.9. The van der Waals surface area contributed by atoms with E-state index < -0.39 is 36.4 Å². The SMILES string of the molecule is CCC(=O)OC1C(C)CN(C(=O)CNC2CCN(C[C@H]3O[C@@H]4OC(C)(C)O[C@@H]4[C@H]3O)CC2)[C@@H]1C#N. The van der Waals surface area contributed by atoms with Crippen molar-refractivity contribution < 1.29 is 33.6 Å². The van der Waals surface area contributed by atoms with Gasteiger partial charge in [-0.15, -0.1) is 0 Å². The topological polar surface area (TPSA) is 134 Å². The number of hydrogen-bond donors (Lipinski definition) is 2. The van der Waals surface area contributed by atoms with E-state index in [1.807, 2.05) is 20.8 Å². The average molecular weight is 495 g/mol. The fraction of sp³-hybridized carbons (Fsp3) is 0.875. The molecule has 4 saturated heterocycles. The molecular formula is C24H38N4O7. The van der Waals surface area contributed by atoms with Crippen LogP contribution >= 0.6 is 0 Å². The number of piperidine rings is 1. The van der Waals surface area contributed by atoms with Crippen LogP contribution in [0.1, 0.15) is 47.0 Å². The fourth-order valence-electron chi connectivity index (χ4n) is 5.45. The molecule has 2 unspecified atom stereocenters. The van der Waals surface area contributed by atoms with Gasteiger partial charge in [0.2, 0.25) is 5.91 Å². The van der Waals surface area contributed by atoms with Crippen molar-refractivity contribution in [2.75, 3.05) is 32.7 Å². The lowest BCUT2D eigenvalue weighted by molar-refractivity contribution is -0.216. The van der Waals surface area contributed by atoms with Gasteiger partial charge in [0.15, 0.2) is 18.1 Å². The van der Waals surface area contributed by atoms with Gasteiger partial charge in [0.1, 0.15) is 24.4 Å². The molecule has 4 rings (SSSR count). The Balaban J connectivity index is 1.19. The average Bonchev–Trinajstić information content (AvgIpc) is 3.41. The van der Waals surface area contributed by atoms with Crippen LogP contribution in [0.5, 0.6) is 0 Å². The summed E-state index contributed by atoms with van der Waals surface area (Å²) in [5, 5.41) is 23.5. The number of fused-ring (bicyclic) bond motifs is 1. The fourth-order valence-corrected chi connectivity index (χ4v) is 5.45. The summed E-state index contributed by atoms with van der Waals surface area (Å²) in [7, 11) is 0. The van der Waals surface area contributed by atoms with Gasteiger partial charge in [0.05, 0.1) is 12.6 Å². The highest BCUT2D eigenvalue weighted by Gasteiger charge is 2.54. The molecule has 0 saturated carbocycles. The predicted molar refractivity (Wildman–Crippen MR) is 123 cm³/mol. The van der Waals surface area contributed by atoms with Crippen molar-refractivity contribution in [2.45, 2.75) is 95.5 Å². The Kier molecular flexibility index (Phi) is 8.00. The Bertz CT molecular complexity index is 825. The molecule has 4 fully saturated rings. The van der Waals surface area contributed by atoms with E-state index in [0.717, 1.165) is 25.9 Å². The molecule has 0 aromatic heterocycles. The summed E-state index contributed by atoms with van der Waals surface area (Å²) in [4.78, 5) is 28.4. The minimum Gasteiger partial charge on any atom is -0.459 e. The second kappa shape index (κ2) is 10.7. The summed E-state index contributed by atoms with van der Waals surface area (Å²) in [6.45, 7) is 9.99. The lowest BCUT2D eigenvalue weighted by Gasteiger charge is -2.35. The van der Waals surface area contributed by atoms with E-state index in [2.05, 4.69) is 16.3 Å². The number of esters is 1. The first-order chi connectivity index (χ1) is 16.6. The van der Waals surface area contributed by atoms with E-state index in [-0.39, 0.29) is 42.9 Å². The molecule has 0 bridgehead atoms. The van der Waals surface area contributed by atoms with E-state index in [4.69, 9.17) is 18.9 Å². The molecule has 11 heteroatoms. The maximum Gasteiger partial charge on any atom is 0.305 e. The maximum absolute atomic E-state index is 12.9. The summed E-state index contributed by atoms with van der Waals surface area (Å²) in [6.07, 6.45) is -0.720. The highest BCUT2D eigenvalue weighted by molar-refractivity contribution is 5.79. The number of hydrogen-bond acceptors (Lipinski definition) is 10. The normalized spacial score (nSPS) is 37.3. The Morgan fingerprint density at radius 1 is 1.26 bits per heavy atom. The summed E-state index contributed by atoms with van der Waals surface area (Å²) in [6, 6.07) is 1.58. The number of likely N-dealkylation sites (tertiary alicyclic amines) is 2. The molecule has 4 aliphatic heterocycles. The third kappa shape index (κ3) is 5.79. The number of amides is 1. The predicted octanol–water partition coefficient (Wildman–Crippen LogP) is -0.0300. The van der Waals surface area contributed by atoms with Crippen molar-refractivity contribution in [1.29, 1.82) is 5.26 Å². The van der Waals surface area contributed by atoms with Crippen LogP contribution in [0.25, 0.3) is 0 Å². The highest BCUT2D eigenvalue weighted by Crippen LogP contribution is 2.37. The van der Waals surface area contributed by atoms with Crippen LogP contribution in [0.4, 0.5) is 0 Å². The van der Waals surface area contributed by atoms with Crippen molar-refractivity contribution in [3.05, 3.63) is 0 Å². The van der Waals surface area contributed by atoms with Gasteiger partial charge in [-0.2, -0.15) is 5.26 Å². The monoisotopic (exact) mass is 494 g/mol. The molecule has 11 nitrogen and oxygen atoms in total. The molecule has 0 aliphatic carbocycles. The zero-order valence-electron chi connectivity index (χ0n) is 21.0. The first-order valence-corrected chi connectivity index (χ1v) is 12.6. The standard InChI is InChI=1S/C24H38N4O7/c1-5-19(30)33-21-14(2)12-28(16(21)10-25)18(29)11-26-15-6-8-27(9-7-15)13-17-20(31)22-23(32-17)35-24(3,4)34-22/h14-17,20-23,26,31H,5-9,11-13H2,1-4H3/t14?,16-,17-,20+,21?,22-,23-/m1/s1. The quantitative estimate of drug-likeness (QED) is 0.465. The molecule has 0 spiro atoms. The van der Waals surface area contributed by atoms with E-state index >= 15 is 0 Å². The van der Waals surface area contributed by atoms with Gasteiger partial charge in [-0.3, -0.25) is 9.59 Å². The third-order valence-corrected chi connectivity index (χ3v) is 7.38. The minimum atomic E-state index is -0.757. The molecule has 196 valence electrons. The summed E-state index contributed by atoms with van der Waals surface area (Å²) >= 11 is 0. The second-order valence-corrected chi connectivity index (χ2v) is 10.5. The van der Waals surface area contributed by atoms with Crippen LogP contribution < -0.4 is 5.32 Å².